The fourth-order valence-electron chi connectivity index (χ4n) is 1.88. The van der Waals surface area contributed by atoms with Crippen LogP contribution < -0.4 is 16.4 Å². The summed E-state index contributed by atoms with van der Waals surface area (Å²) in [6, 6.07) is 7.47. The third-order valence-corrected chi connectivity index (χ3v) is 3.62. The summed E-state index contributed by atoms with van der Waals surface area (Å²) >= 11 is 1.45. The number of aromatic nitrogens is 2. The van der Waals surface area contributed by atoms with Crippen LogP contribution in [0.4, 0.5) is 0 Å². The fraction of sp³-hybridized carbons (Fsp3) is 0. The molecule has 18 heavy (non-hydrogen) atoms. The van der Waals surface area contributed by atoms with Gasteiger partial charge in [0.2, 0.25) is 0 Å². The Labute approximate surface area is 104 Å². The predicted molar refractivity (Wildman–Crippen MR) is 67.9 cm³/mol. The molecule has 0 aliphatic carbocycles. The Morgan fingerprint density at radius 1 is 1.11 bits per heavy atom. The molecule has 2 heterocycles. The van der Waals surface area contributed by atoms with E-state index in [1.165, 1.54) is 11.3 Å². The first-order valence-electron chi connectivity index (χ1n) is 5.17. The van der Waals surface area contributed by atoms with Crippen molar-refractivity contribution in [2.24, 2.45) is 0 Å². The van der Waals surface area contributed by atoms with Gasteiger partial charge in [0.05, 0.1) is 5.56 Å². The molecule has 0 aliphatic heterocycles. The van der Waals surface area contributed by atoms with Crippen LogP contribution in [0.15, 0.2) is 39.2 Å². The molecule has 0 bridgehead atoms. The number of nitrogens with one attached hydrogen (secondary N) is 2. The number of hydrogen-bond donors (Lipinski definition) is 2. The highest BCUT2D eigenvalue weighted by molar-refractivity contribution is 7.17. The molecular weight excluding hydrogens is 252 g/mol. The molecule has 1 aromatic carbocycles. The highest BCUT2D eigenvalue weighted by atomic mass is 32.1. The minimum Gasteiger partial charge on any atom is -0.860 e. The number of benzene rings is 1. The van der Waals surface area contributed by atoms with Crippen LogP contribution in [0.5, 0.6) is 5.88 Å². The molecular formula is C12H7N2O3S-. The van der Waals surface area contributed by atoms with Crippen molar-refractivity contribution in [1.29, 1.82) is 0 Å². The maximum Gasteiger partial charge on any atom is 0.325 e. The summed E-state index contributed by atoms with van der Waals surface area (Å²) in [4.78, 5) is 26.9. The summed E-state index contributed by atoms with van der Waals surface area (Å²) in [5.41, 5.74) is -0.911. The van der Waals surface area contributed by atoms with Crippen LogP contribution in [0.3, 0.4) is 0 Å². The molecule has 6 heteroatoms. The predicted octanol–water partition coefficient (Wildman–Crippen LogP) is 1.02. The number of H-pyrrole nitrogens is 2. The van der Waals surface area contributed by atoms with Crippen LogP contribution in [0.25, 0.3) is 21.2 Å². The standard InChI is InChI=1S/C12H8N2O3S/c15-10-9(11(16)14-12(17)13-10)7-5-18-8-4-2-1-3-6(7)8/h1-5H,(H3,13,14,15,16,17)/p-1. The van der Waals surface area contributed by atoms with Gasteiger partial charge in [-0.2, -0.15) is 0 Å². The van der Waals surface area contributed by atoms with E-state index in [9.17, 15) is 14.7 Å². The van der Waals surface area contributed by atoms with Gasteiger partial charge in [-0.1, -0.05) is 18.2 Å². The van der Waals surface area contributed by atoms with Crippen molar-refractivity contribution in [3.05, 3.63) is 50.5 Å². The molecule has 0 unspecified atom stereocenters. The van der Waals surface area contributed by atoms with Gasteiger partial charge in [0.1, 0.15) is 0 Å². The van der Waals surface area contributed by atoms with Gasteiger partial charge in [-0.25, -0.2) is 4.79 Å². The third kappa shape index (κ3) is 1.54. The van der Waals surface area contributed by atoms with Gasteiger partial charge in [0.15, 0.2) is 0 Å². The fourth-order valence-corrected chi connectivity index (χ4v) is 2.83. The normalized spacial score (nSPS) is 10.9. The van der Waals surface area contributed by atoms with E-state index >= 15 is 0 Å². The smallest absolute Gasteiger partial charge is 0.325 e. The van der Waals surface area contributed by atoms with Gasteiger partial charge >= 0.3 is 5.69 Å². The Bertz CT molecular complexity index is 844. The Morgan fingerprint density at radius 3 is 2.67 bits per heavy atom. The lowest BCUT2D eigenvalue weighted by atomic mass is 10.1. The molecule has 90 valence electrons. The minimum absolute atomic E-state index is 0.0212. The van der Waals surface area contributed by atoms with E-state index in [4.69, 9.17) is 0 Å². The summed E-state index contributed by atoms with van der Waals surface area (Å²) < 4.78 is 0.984. The second-order valence-corrected chi connectivity index (χ2v) is 4.67. The molecule has 3 aromatic rings. The molecule has 2 N–H and O–H groups in total. The molecule has 0 fully saturated rings. The summed E-state index contributed by atoms with van der Waals surface area (Å²) in [6.07, 6.45) is 0. The van der Waals surface area contributed by atoms with Crippen LogP contribution in [0, 0.1) is 0 Å². The Hall–Kier alpha value is -2.34. The van der Waals surface area contributed by atoms with E-state index < -0.39 is 17.1 Å². The average molecular weight is 259 g/mol. The van der Waals surface area contributed by atoms with Gasteiger partial charge in [-0.15, -0.1) is 11.3 Å². The highest BCUT2D eigenvalue weighted by Gasteiger charge is 2.11. The quantitative estimate of drug-likeness (QED) is 0.683. The van der Waals surface area contributed by atoms with Crippen LogP contribution in [-0.4, -0.2) is 9.97 Å². The van der Waals surface area contributed by atoms with Crippen molar-refractivity contribution >= 4 is 21.4 Å². The number of fused-ring (bicyclic) bond motifs is 1. The van der Waals surface area contributed by atoms with Gasteiger partial charge in [0.25, 0.3) is 5.56 Å². The van der Waals surface area contributed by atoms with Gasteiger partial charge < -0.3 is 10.1 Å². The van der Waals surface area contributed by atoms with Crippen molar-refractivity contribution in [2.45, 2.75) is 0 Å². The molecule has 0 saturated carbocycles. The van der Waals surface area contributed by atoms with Crippen molar-refractivity contribution in [3.8, 4) is 17.0 Å². The van der Waals surface area contributed by atoms with E-state index in [2.05, 4.69) is 9.97 Å². The lowest BCUT2D eigenvalue weighted by Crippen LogP contribution is -2.25. The van der Waals surface area contributed by atoms with Gasteiger partial charge in [-0.3, -0.25) is 9.78 Å². The average Bonchev–Trinajstić information content (AvgIpc) is 2.72. The number of aromatic amines is 2. The summed E-state index contributed by atoms with van der Waals surface area (Å²) in [5.74, 6) is -0.660. The van der Waals surface area contributed by atoms with E-state index in [1.807, 2.05) is 24.3 Å². The molecule has 3 rings (SSSR count). The largest absolute Gasteiger partial charge is 0.860 e. The monoisotopic (exact) mass is 259 g/mol. The van der Waals surface area contributed by atoms with Crippen LogP contribution in [0.1, 0.15) is 0 Å². The minimum atomic E-state index is -0.784. The number of rotatable bonds is 1. The Balaban J connectivity index is 2.40. The first kappa shape index (κ1) is 10.8. The second kappa shape index (κ2) is 3.85. The summed E-state index contributed by atoms with van der Waals surface area (Å²) in [7, 11) is 0. The molecule has 0 atom stereocenters. The van der Waals surface area contributed by atoms with Crippen LogP contribution in [-0.2, 0) is 0 Å². The first-order chi connectivity index (χ1) is 8.66. The van der Waals surface area contributed by atoms with Gasteiger partial charge in [0, 0.05) is 21.0 Å². The number of thiophene rings is 1. The lowest BCUT2D eigenvalue weighted by molar-refractivity contribution is -0.274. The molecule has 0 saturated heterocycles. The van der Waals surface area contributed by atoms with E-state index in [0.29, 0.717) is 5.56 Å². The lowest BCUT2D eigenvalue weighted by Gasteiger charge is -2.10. The van der Waals surface area contributed by atoms with Crippen molar-refractivity contribution in [1.82, 2.24) is 9.97 Å². The maximum atomic E-state index is 11.7. The zero-order valence-corrected chi connectivity index (χ0v) is 9.84. The molecule has 5 nitrogen and oxygen atoms in total. The summed E-state index contributed by atoms with van der Waals surface area (Å²) in [6.45, 7) is 0. The van der Waals surface area contributed by atoms with Gasteiger partial charge in [-0.05, 0) is 11.9 Å². The SMILES string of the molecule is O=c1[nH]c([O-])c(-c2csc3ccccc23)c(=O)[nH]1. The molecule has 0 aliphatic rings. The molecule has 0 amide bonds. The topological polar surface area (TPSA) is 88.8 Å². The second-order valence-electron chi connectivity index (χ2n) is 3.76. The van der Waals surface area contributed by atoms with Crippen molar-refractivity contribution in [3.63, 3.8) is 0 Å². The van der Waals surface area contributed by atoms with Crippen LogP contribution >= 0.6 is 11.3 Å². The third-order valence-electron chi connectivity index (χ3n) is 2.66. The highest BCUT2D eigenvalue weighted by Crippen LogP contribution is 2.33. The van der Waals surface area contributed by atoms with E-state index in [1.54, 1.807) is 5.38 Å². The van der Waals surface area contributed by atoms with E-state index in [0.717, 1.165) is 10.1 Å². The van der Waals surface area contributed by atoms with E-state index in [-0.39, 0.29) is 5.56 Å². The first-order valence-corrected chi connectivity index (χ1v) is 6.05. The molecule has 0 radical (unpaired) electrons. The Morgan fingerprint density at radius 2 is 1.89 bits per heavy atom. The summed E-state index contributed by atoms with van der Waals surface area (Å²) in [5, 5.41) is 14.3. The molecule has 0 spiro atoms. The molecule has 2 aromatic heterocycles. The Kier molecular flexibility index (Phi) is 2.31. The van der Waals surface area contributed by atoms with Crippen molar-refractivity contribution in [2.75, 3.05) is 0 Å². The number of hydrogen-bond acceptors (Lipinski definition) is 4. The zero-order valence-electron chi connectivity index (χ0n) is 9.02. The van der Waals surface area contributed by atoms with Crippen LogP contribution in [0.2, 0.25) is 0 Å². The van der Waals surface area contributed by atoms with Crippen molar-refractivity contribution < 1.29 is 5.11 Å². The zero-order chi connectivity index (χ0) is 12.7. The maximum absolute atomic E-state index is 11.7.